The first-order chi connectivity index (χ1) is 12.3. The molecule has 138 valence electrons. The van der Waals surface area contributed by atoms with Crippen molar-refractivity contribution < 1.29 is 27.4 Å². The second-order valence-corrected chi connectivity index (χ2v) is 5.91. The molecule has 0 spiro atoms. The fourth-order valence-corrected chi connectivity index (χ4v) is 2.89. The van der Waals surface area contributed by atoms with Crippen molar-refractivity contribution in [3.8, 4) is 5.75 Å². The number of cyclic esters (lactones) is 1. The fourth-order valence-electron chi connectivity index (χ4n) is 2.69. The van der Waals surface area contributed by atoms with Crippen molar-refractivity contribution in [1.29, 1.82) is 0 Å². The lowest BCUT2D eigenvalue weighted by Crippen LogP contribution is -2.48. The summed E-state index contributed by atoms with van der Waals surface area (Å²) in [5.41, 5.74) is 0.527. The Labute approximate surface area is 152 Å². The van der Waals surface area contributed by atoms with Gasteiger partial charge in [-0.1, -0.05) is 46.9 Å². The van der Waals surface area contributed by atoms with Crippen LogP contribution < -0.4 is 4.74 Å². The van der Waals surface area contributed by atoms with Crippen LogP contribution in [0.3, 0.4) is 0 Å². The van der Waals surface area contributed by atoms with E-state index in [-0.39, 0.29) is 10.6 Å². The van der Waals surface area contributed by atoms with Gasteiger partial charge < -0.3 is 9.47 Å². The van der Waals surface area contributed by atoms with Crippen LogP contribution in [-0.4, -0.2) is 29.5 Å². The minimum Gasteiger partial charge on any atom is -0.496 e. The van der Waals surface area contributed by atoms with Gasteiger partial charge in [0.1, 0.15) is 5.75 Å². The minimum absolute atomic E-state index is 0.0367. The first kappa shape index (κ1) is 18.3. The van der Waals surface area contributed by atoms with Crippen molar-refractivity contribution in [2.75, 3.05) is 7.11 Å². The highest BCUT2D eigenvalue weighted by Crippen LogP contribution is 2.41. The van der Waals surface area contributed by atoms with Gasteiger partial charge in [-0.3, -0.25) is 0 Å². The van der Waals surface area contributed by atoms with E-state index in [2.05, 4.69) is 0 Å². The largest absolute Gasteiger partial charge is 0.496 e. The lowest BCUT2D eigenvalue weighted by atomic mass is 10.2. The topological polar surface area (TPSA) is 42.0 Å². The number of alkyl halides is 3. The summed E-state index contributed by atoms with van der Waals surface area (Å²) in [6, 6.07) is 12.2. The van der Waals surface area contributed by atoms with E-state index in [9.17, 15) is 18.0 Å². The Hall–Kier alpha value is -2.45. The zero-order chi connectivity index (χ0) is 18.9. The van der Waals surface area contributed by atoms with Crippen LogP contribution in [0.5, 0.6) is 5.75 Å². The van der Waals surface area contributed by atoms with Gasteiger partial charge >= 0.3 is 12.4 Å². The lowest BCUT2D eigenvalue weighted by molar-refractivity contribution is -0.318. The van der Waals surface area contributed by atoms with Crippen LogP contribution in [0.15, 0.2) is 48.5 Å². The molecule has 2 aromatic carbocycles. The van der Waals surface area contributed by atoms with Gasteiger partial charge in [-0.2, -0.15) is 13.2 Å². The van der Waals surface area contributed by atoms with Crippen molar-refractivity contribution in [2.45, 2.75) is 19.1 Å². The second-order valence-electron chi connectivity index (χ2n) is 5.47. The number of hydrogen-bond acceptors (Lipinski definition) is 4. The van der Waals surface area contributed by atoms with Crippen LogP contribution in [0.25, 0.3) is 0 Å². The van der Waals surface area contributed by atoms with Gasteiger partial charge in [0, 0.05) is 16.1 Å². The molecule has 0 aliphatic carbocycles. The number of carbonyl (C=O) groups is 1. The summed E-state index contributed by atoms with van der Waals surface area (Å²) in [7, 11) is 1.38. The number of hydrazine groups is 1. The Morgan fingerprint density at radius 3 is 2.50 bits per heavy atom. The number of benzene rings is 2. The van der Waals surface area contributed by atoms with E-state index < -0.39 is 25.2 Å². The molecule has 1 fully saturated rings. The number of carbonyl (C=O) groups excluding carboxylic acids is 1. The third-order valence-corrected chi connectivity index (χ3v) is 4.05. The maximum absolute atomic E-state index is 13.7. The molecular formula is C17H14ClF3N2O3. The Bertz CT molecular complexity index is 802. The summed E-state index contributed by atoms with van der Waals surface area (Å²) >= 11 is 5.92. The monoisotopic (exact) mass is 386 g/mol. The number of halogens is 4. The Kier molecular flexibility index (Phi) is 4.97. The molecule has 1 unspecified atom stereocenters. The van der Waals surface area contributed by atoms with Gasteiger partial charge in [0.2, 0.25) is 6.23 Å². The van der Waals surface area contributed by atoms with Gasteiger partial charge in [0.05, 0.1) is 13.7 Å². The smallest absolute Gasteiger partial charge is 0.481 e. The van der Waals surface area contributed by atoms with Crippen molar-refractivity contribution >= 4 is 17.7 Å². The van der Waals surface area contributed by atoms with E-state index >= 15 is 0 Å². The molecular weight excluding hydrogens is 373 g/mol. The van der Waals surface area contributed by atoms with E-state index in [1.807, 2.05) is 0 Å². The lowest BCUT2D eigenvalue weighted by Gasteiger charge is -2.30. The Morgan fingerprint density at radius 1 is 1.19 bits per heavy atom. The number of methoxy groups -OCH3 is 1. The van der Waals surface area contributed by atoms with Gasteiger partial charge in [0.15, 0.2) is 0 Å². The summed E-state index contributed by atoms with van der Waals surface area (Å²) in [5.74, 6) is 0.312. The molecule has 0 radical (unpaired) electrons. The molecule has 1 aliphatic heterocycles. The molecule has 0 bridgehead atoms. The molecule has 9 heteroatoms. The maximum atomic E-state index is 13.7. The predicted molar refractivity (Wildman–Crippen MR) is 87.1 cm³/mol. The maximum Gasteiger partial charge on any atom is 0.481 e. The summed E-state index contributed by atoms with van der Waals surface area (Å²) < 4.78 is 51.2. The summed E-state index contributed by atoms with van der Waals surface area (Å²) in [6.07, 6.45) is -7.55. The molecule has 1 amide bonds. The van der Waals surface area contributed by atoms with Crippen LogP contribution >= 0.6 is 11.6 Å². The number of nitrogens with zero attached hydrogens (tertiary/aromatic N) is 2. The normalized spacial score (nSPS) is 18.1. The third-order valence-electron chi connectivity index (χ3n) is 3.81. The highest BCUT2D eigenvalue weighted by molar-refractivity contribution is 6.30. The quantitative estimate of drug-likeness (QED) is 0.712. The number of hydrogen-bond donors (Lipinski definition) is 0. The van der Waals surface area contributed by atoms with Gasteiger partial charge in [-0.15, -0.1) is 0 Å². The molecule has 0 aromatic heterocycles. The molecule has 5 nitrogen and oxygen atoms in total. The SMILES string of the molecule is COc1ccc(Cl)cc1CN1C(=O)OC(c2ccccc2)N1C(F)(F)F. The Balaban J connectivity index is 1.98. The molecule has 2 aromatic rings. The summed E-state index contributed by atoms with van der Waals surface area (Å²) in [4.78, 5) is 12.2. The van der Waals surface area contributed by atoms with Crippen molar-refractivity contribution in [2.24, 2.45) is 0 Å². The Morgan fingerprint density at radius 2 is 1.88 bits per heavy atom. The highest BCUT2D eigenvalue weighted by Gasteiger charge is 2.55. The van der Waals surface area contributed by atoms with Crippen molar-refractivity contribution in [3.63, 3.8) is 0 Å². The first-order valence-electron chi connectivity index (χ1n) is 7.52. The molecule has 26 heavy (non-hydrogen) atoms. The minimum atomic E-state index is -4.83. The first-order valence-corrected chi connectivity index (χ1v) is 7.90. The summed E-state index contributed by atoms with van der Waals surface area (Å²) in [6.45, 7) is -0.411. The van der Waals surface area contributed by atoms with E-state index in [1.54, 1.807) is 24.3 Å². The van der Waals surface area contributed by atoms with E-state index in [0.717, 1.165) is 0 Å². The average Bonchev–Trinajstić information content (AvgIpc) is 2.93. The molecule has 1 heterocycles. The van der Waals surface area contributed by atoms with E-state index in [0.29, 0.717) is 21.3 Å². The van der Waals surface area contributed by atoms with Crippen LogP contribution in [0.2, 0.25) is 5.02 Å². The van der Waals surface area contributed by atoms with Gasteiger partial charge in [-0.05, 0) is 18.2 Å². The predicted octanol–water partition coefficient (Wildman–Crippen LogP) is 4.74. The molecule has 0 saturated carbocycles. The number of ether oxygens (including phenoxy) is 2. The average molecular weight is 387 g/mol. The van der Waals surface area contributed by atoms with Crippen molar-refractivity contribution in [1.82, 2.24) is 10.0 Å². The molecule has 1 saturated heterocycles. The van der Waals surface area contributed by atoms with Crippen LogP contribution in [0.1, 0.15) is 17.4 Å². The second kappa shape index (κ2) is 7.05. The van der Waals surface area contributed by atoms with Crippen molar-refractivity contribution in [3.05, 3.63) is 64.7 Å². The van der Waals surface area contributed by atoms with Gasteiger partial charge in [0.25, 0.3) is 0 Å². The summed E-state index contributed by atoms with van der Waals surface area (Å²) in [5, 5.41) is 0.767. The van der Waals surface area contributed by atoms with Gasteiger partial charge in [-0.25, -0.2) is 9.80 Å². The van der Waals surface area contributed by atoms with Crippen LogP contribution in [-0.2, 0) is 11.3 Å². The highest BCUT2D eigenvalue weighted by atomic mass is 35.5. The molecule has 0 N–H and O–H groups in total. The fraction of sp³-hybridized carbons (Fsp3) is 0.235. The zero-order valence-corrected chi connectivity index (χ0v) is 14.3. The van der Waals surface area contributed by atoms with Crippen LogP contribution in [0, 0.1) is 0 Å². The van der Waals surface area contributed by atoms with E-state index in [1.165, 1.54) is 31.4 Å². The number of amides is 1. The molecule has 1 aliphatic rings. The molecule has 3 rings (SSSR count). The molecule has 1 atom stereocenters. The zero-order valence-electron chi connectivity index (χ0n) is 13.5. The number of rotatable bonds is 4. The third kappa shape index (κ3) is 3.56. The standard InChI is InChI=1S/C17H14ClF3N2O3/c1-25-14-8-7-13(18)9-12(14)10-22-16(24)26-15(23(22)17(19,20)21)11-5-3-2-4-6-11/h2-9,15H,10H2,1H3. The van der Waals surface area contributed by atoms with Crippen LogP contribution in [0.4, 0.5) is 18.0 Å². The van der Waals surface area contributed by atoms with E-state index in [4.69, 9.17) is 21.1 Å².